The molecule has 1 fully saturated rings. The third kappa shape index (κ3) is 3.99. The van der Waals surface area contributed by atoms with Gasteiger partial charge in [0.15, 0.2) is 0 Å². The number of benzene rings is 1. The van der Waals surface area contributed by atoms with Crippen molar-refractivity contribution in [3.63, 3.8) is 0 Å². The predicted molar refractivity (Wildman–Crippen MR) is 110 cm³/mol. The first-order valence-corrected chi connectivity index (χ1v) is 10.1. The topological polar surface area (TPSA) is 49.6 Å². The molecule has 158 valence electrons. The van der Waals surface area contributed by atoms with Crippen molar-refractivity contribution in [3.8, 4) is 0 Å². The summed E-state index contributed by atoms with van der Waals surface area (Å²) < 4.78 is 40.6. The first-order valence-electron chi connectivity index (χ1n) is 10.1. The van der Waals surface area contributed by atoms with Crippen molar-refractivity contribution in [2.45, 2.75) is 38.8 Å². The van der Waals surface area contributed by atoms with E-state index in [0.717, 1.165) is 31.0 Å². The zero-order valence-corrected chi connectivity index (χ0v) is 16.7. The summed E-state index contributed by atoms with van der Waals surface area (Å²) in [5.41, 5.74) is 1.76. The minimum absolute atomic E-state index is 0.124. The van der Waals surface area contributed by atoms with Gasteiger partial charge in [0, 0.05) is 30.7 Å². The summed E-state index contributed by atoms with van der Waals surface area (Å²) in [6, 6.07) is 9.81. The summed E-state index contributed by atoms with van der Waals surface area (Å²) in [5, 5.41) is 2.80. The van der Waals surface area contributed by atoms with Crippen LogP contribution in [0.15, 0.2) is 42.6 Å². The lowest BCUT2D eigenvalue weighted by Crippen LogP contribution is -2.29. The summed E-state index contributed by atoms with van der Waals surface area (Å²) in [6.07, 6.45) is 0.455. The van der Waals surface area contributed by atoms with Crippen LogP contribution in [0.4, 0.5) is 24.5 Å². The highest BCUT2D eigenvalue weighted by molar-refractivity contribution is 6.04. The van der Waals surface area contributed by atoms with Crippen LogP contribution in [0.5, 0.6) is 0 Å². The molecule has 1 N–H and O–H groups in total. The molecule has 0 bridgehead atoms. The van der Waals surface area contributed by atoms with Crippen molar-refractivity contribution < 1.29 is 18.0 Å². The Morgan fingerprint density at radius 3 is 2.40 bits per heavy atom. The lowest BCUT2D eigenvalue weighted by atomic mass is 10.1. The summed E-state index contributed by atoms with van der Waals surface area (Å²) in [6.45, 7) is 3.86. The lowest BCUT2D eigenvalue weighted by molar-refractivity contribution is -0.137. The smallest absolute Gasteiger partial charge is 0.372 e. The number of anilines is 2. The number of hydrogen-bond donors (Lipinski definition) is 1. The number of pyridine rings is 1. The Morgan fingerprint density at radius 1 is 1.07 bits per heavy atom. The first kappa shape index (κ1) is 20.3. The van der Waals surface area contributed by atoms with E-state index in [1.54, 1.807) is 0 Å². The van der Waals surface area contributed by atoms with Gasteiger partial charge < -0.3 is 10.2 Å². The Labute approximate surface area is 172 Å². The van der Waals surface area contributed by atoms with E-state index in [1.165, 1.54) is 29.7 Å². The zero-order chi connectivity index (χ0) is 21.3. The number of fused-ring (bicyclic) bond motifs is 1. The maximum absolute atomic E-state index is 13.1. The molecule has 1 aliphatic rings. The highest BCUT2D eigenvalue weighted by atomic mass is 19.4. The fourth-order valence-corrected chi connectivity index (χ4v) is 3.85. The average Bonchev–Trinajstić information content (AvgIpc) is 3.12. The van der Waals surface area contributed by atoms with Gasteiger partial charge in [-0.2, -0.15) is 13.2 Å². The Balaban J connectivity index is 1.60. The van der Waals surface area contributed by atoms with E-state index in [2.05, 4.69) is 15.2 Å². The van der Waals surface area contributed by atoms with Crippen molar-refractivity contribution in [1.82, 2.24) is 9.38 Å². The van der Waals surface area contributed by atoms with Crippen LogP contribution in [0.25, 0.3) is 5.65 Å². The van der Waals surface area contributed by atoms with Gasteiger partial charge in [0.2, 0.25) is 0 Å². The summed E-state index contributed by atoms with van der Waals surface area (Å²) >= 11 is 0. The molecular weight excluding hydrogens is 393 g/mol. The largest absolute Gasteiger partial charge is 0.417 e. The van der Waals surface area contributed by atoms with Crippen LogP contribution in [0.3, 0.4) is 0 Å². The molecule has 1 amide bonds. The Bertz CT molecular complexity index is 1050. The Hall–Kier alpha value is -3.03. The number of hydrogen-bond acceptors (Lipinski definition) is 3. The summed E-state index contributed by atoms with van der Waals surface area (Å²) in [7, 11) is 0. The minimum Gasteiger partial charge on any atom is -0.372 e. The maximum atomic E-state index is 13.1. The fourth-order valence-electron chi connectivity index (χ4n) is 3.85. The second kappa shape index (κ2) is 8.01. The molecule has 0 aliphatic carbocycles. The molecule has 0 radical (unpaired) electrons. The molecule has 2 aromatic heterocycles. The molecule has 3 heterocycles. The van der Waals surface area contributed by atoms with Gasteiger partial charge in [-0.15, -0.1) is 0 Å². The van der Waals surface area contributed by atoms with Crippen LogP contribution < -0.4 is 10.2 Å². The number of carbonyl (C=O) groups excluding carboxylic acids is 1. The quantitative estimate of drug-likeness (QED) is 0.639. The Morgan fingerprint density at radius 2 is 1.77 bits per heavy atom. The molecule has 30 heavy (non-hydrogen) atoms. The standard InChI is InChI=1S/C22H23F3N4O/c1-2-18-20(29-14-15(22(23,24)25)6-11-19(29)27-18)21(30)26-16-7-9-17(10-8-16)28-12-4-3-5-13-28/h6-11,14H,2-5,12-13H2,1H3,(H,26,30). The highest BCUT2D eigenvalue weighted by Crippen LogP contribution is 2.30. The van der Waals surface area contributed by atoms with E-state index < -0.39 is 17.6 Å². The van der Waals surface area contributed by atoms with Gasteiger partial charge in [-0.1, -0.05) is 6.92 Å². The number of alkyl halides is 3. The van der Waals surface area contributed by atoms with E-state index in [-0.39, 0.29) is 5.69 Å². The molecule has 4 rings (SSSR count). The summed E-state index contributed by atoms with van der Waals surface area (Å²) in [4.78, 5) is 19.6. The van der Waals surface area contributed by atoms with Gasteiger partial charge in [-0.25, -0.2) is 4.98 Å². The number of aryl methyl sites for hydroxylation is 1. The number of imidazole rings is 1. The number of carbonyl (C=O) groups is 1. The van der Waals surface area contributed by atoms with E-state index in [0.29, 0.717) is 23.4 Å². The molecule has 1 saturated heterocycles. The molecule has 1 aromatic carbocycles. The molecule has 5 nitrogen and oxygen atoms in total. The number of halogens is 3. The third-order valence-corrected chi connectivity index (χ3v) is 5.41. The Kier molecular flexibility index (Phi) is 5.40. The molecule has 1 aliphatic heterocycles. The second-order valence-electron chi connectivity index (χ2n) is 7.45. The molecule has 0 saturated carbocycles. The van der Waals surface area contributed by atoms with Crippen LogP contribution in [-0.2, 0) is 12.6 Å². The average molecular weight is 416 g/mol. The van der Waals surface area contributed by atoms with Crippen molar-refractivity contribution in [3.05, 3.63) is 59.5 Å². The van der Waals surface area contributed by atoms with Crippen molar-refractivity contribution >= 4 is 22.9 Å². The van der Waals surface area contributed by atoms with Gasteiger partial charge in [-0.3, -0.25) is 9.20 Å². The normalized spacial score (nSPS) is 14.9. The van der Waals surface area contributed by atoms with Crippen LogP contribution in [0.2, 0.25) is 0 Å². The number of piperidine rings is 1. The molecule has 8 heteroatoms. The molecule has 0 atom stereocenters. The molecule has 0 unspecified atom stereocenters. The van der Waals surface area contributed by atoms with E-state index >= 15 is 0 Å². The summed E-state index contributed by atoms with van der Waals surface area (Å²) in [5.74, 6) is -0.482. The number of nitrogens with one attached hydrogen (secondary N) is 1. The van der Waals surface area contributed by atoms with Gasteiger partial charge in [0.1, 0.15) is 11.3 Å². The van der Waals surface area contributed by atoms with E-state index in [9.17, 15) is 18.0 Å². The van der Waals surface area contributed by atoms with Gasteiger partial charge >= 0.3 is 6.18 Å². The fraction of sp³-hybridized carbons (Fsp3) is 0.364. The maximum Gasteiger partial charge on any atom is 0.417 e. The third-order valence-electron chi connectivity index (χ3n) is 5.41. The zero-order valence-electron chi connectivity index (χ0n) is 16.7. The van der Waals surface area contributed by atoms with Crippen molar-refractivity contribution in [2.24, 2.45) is 0 Å². The van der Waals surface area contributed by atoms with Gasteiger partial charge in [-0.05, 0) is 62.1 Å². The lowest BCUT2D eigenvalue weighted by Gasteiger charge is -2.28. The predicted octanol–water partition coefficient (Wildman–Crippen LogP) is 5.16. The van der Waals surface area contributed by atoms with Crippen LogP contribution >= 0.6 is 0 Å². The number of rotatable bonds is 4. The SMILES string of the molecule is CCc1nc2ccc(C(F)(F)F)cn2c1C(=O)Nc1ccc(N2CCCCC2)cc1. The van der Waals surface area contributed by atoms with E-state index in [4.69, 9.17) is 0 Å². The molecule has 0 spiro atoms. The first-order chi connectivity index (χ1) is 14.4. The highest BCUT2D eigenvalue weighted by Gasteiger charge is 2.32. The molecule has 3 aromatic rings. The van der Waals surface area contributed by atoms with E-state index in [1.807, 2.05) is 31.2 Å². The van der Waals surface area contributed by atoms with Gasteiger partial charge in [0.05, 0.1) is 11.3 Å². The number of amides is 1. The van der Waals surface area contributed by atoms with Gasteiger partial charge in [0.25, 0.3) is 5.91 Å². The monoisotopic (exact) mass is 416 g/mol. The number of nitrogens with zero attached hydrogens (tertiary/aromatic N) is 3. The second-order valence-corrected chi connectivity index (χ2v) is 7.45. The van der Waals surface area contributed by atoms with Crippen molar-refractivity contribution in [2.75, 3.05) is 23.3 Å². The van der Waals surface area contributed by atoms with Crippen LogP contribution in [0, 0.1) is 0 Å². The van der Waals surface area contributed by atoms with Crippen LogP contribution in [0.1, 0.15) is 47.9 Å². The molecular formula is C22H23F3N4O. The van der Waals surface area contributed by atoms with Crippen molar-refractivity contribution in [1.29, 1.82) is 0 Å². The van der Waals surface area contributed by atoms with Crippen LogP contribution in [-0.4, -0.2) is 28.4 Å². The number of aromatic nitrogens is 2. The minimum atomic E-state index is -4.50.